The van der Waals surface area contributed by atoms with Crippen LogP contribution < -0.4 is 5.32 Å². The Hall–Kier alpha value is -2.18. The van der Waals surface area contributed by atoms with Gasteiger partial charge in [0.25, 0.3) is 0 Å². The number of nitrogens with one attached hydrogen (secondary N) is 1. The van der Waals surface area contributed by atoms with Gasteiger partial charge < -0.3 is 20.3 Å². The molecule has 2 atom stereocenters. The summed E-state index contributed by atoms with van der Waals surface area (Å²) in [6.45, 7) is 4.95. The van der Waals surface area contributed by atoms with E-state index in [-0.39, 0.29) is 18.5 Å². The van der Waals surface area contributed by atoms with E-state index in [1.807, 2.05) is 0 Å². The molecule has 6 nitrogen and oxygen atoms in total. The van der Waals surface area contributed by atoms with Gasteiger partial charge >= 0.3 is 5.97 Å². The Morgan fingerprint density at radius 3 is 0.975 bits per heavy atom. The molecule has 0 fully saturated rings. The topological polar surface area (TPSA) is 95.9 Å². The van der Waals surface area contributed by atoms with Gasteiger partial charge in [-0.25, -0.2) is 0 Å². The van der Waals surface area contributed by atoms with E-state index in [1.165, 1.54) is 295 Å². The highest BCUT2D eigenvalue weighted by atomic mass is 16.5. The Kier molecular flexibility index (Phi) is 67.4. The number of esters is 1. The number of hydrogen-bond acceptors (Lipinski definition) is 5. The Morgan fingerprint density at radius 1 is 0.350 bits per heavy atom. The smallest absolute Gasteiger partial charge is 0.305 e. The van der Waals surface area contributed by atoms with Gasteiger partial charge in [0, 0.05) is 12.8 Å². The van der Waals surface area contributed by atoms with Crippen LogP contribution in [0.5, 0.6) is 0 Å². The number of carbonyl (C=O) groups excluding carboxylic acids is 2. The molecule has 0 aliphatic rings. The lowest BCUT2D eigenvalue weighted by molar-refractivity contribution is -0.143. The summed E-state index contributed by atoms with van der Waals surface area (Å²) in [5.74, 6) is -0.0362. The molecule has 3 N–H and O–H groups in total. The molecule has 80 heavy (non-hydrogen) atoms. The quantitative estimate of drug-likeness (QED) is 0.0320. The standard InChI is InChI=1S/C74H139NO5/c1-3-5-7-9-11-13-15-17-19-21-22-28-31-35-38-42-46-50-54-58-62-66-72(77)71(70-76)75-73(78)67-63-59-55-51-47-43-39-36-32-29-26-24-23-25-27-30-33-37-41-45-49-53-57-61-65-69-80-74(79)68-64-60-56-52-48-44-40-34-20-18-16-14-12-10-8-6-4-2/h12,14,18,20,24-27,71-72,76-77H,3-11,13,15-17,19,21-23,28-70H2,1-2H3,(H,75,78)/b14-12-,20-18-,26-24-,27-25-. The van der Waals surface area contributed by atoms with E-state index >= 15 is 0 Å². The van der Waals surface area contributed by atoms with E-state index in [0.29, 0.717) is 25.9 Å². The lowest BCUT2D eigenvalue weighted by Gasteiger charge is -2.22. The van der Waals surface area contributed by atoms with Crippen molar-refractivity contribution in [1.29, 1.82) is 0 Å². The predicted octanol–water partition coefficient (Wildman–Crippen LogP) is 23.3. The molecule has 0 bridgehead atoms. The highest BCUT2D eigenvalue weighted by Crippen LogP contribution is 2.18. The van der Waals surface area contributed by atoms with Crippen LogP contribution in [-0.4, -0.2) is 47.4 Å². The van der Waals surface area contributed by atoms with E-state index in [2.05, 4.69) is 67.8 Å². The fraction of sp³-hybridized carbons (Fsp3) is 0.865. The second-order valence-corrected chi connectivity index (χ2v) is 24.6. The number of aliphatic hydroxyl groups excluding tert-OH is 2. The maximum atomic E-state index is 12.5. The summed E-state index contributed by atoms with van der Waals surface area (Å²) < 4.78 is 5.49. The molecule has 0 aliphatic heterocycles. The molecular weight excluding hydrogens is 983 g/mol. The van der Waals surface area contributed by atoms with Gasteiger partial charge in [-0.05, 0) is 89.9 Å². The van der Waals surface area contributed by atoms with Crippen LogP contribution in [0.3, 0.4) is 0 Å². The van der Waals surface area contributed by atoms with Crippen molar-refractivity contribution >= 4 is 11.9 Å². The number of carbonyl (C=O) groups is 2. The van der Waals surface area contributed by atoms with Crippen LogP contribution in [0, 0.1) is 0 Å². The minimum absolute atomic E-state index is 0.00160. The van der Waals surface area contributed by atoms with Crippen LogP contribution >= 0.6 is 0 Å². The number of aliphatic hydroxyl groups is 2. The molecular formula is C74H139NO5. The number of allylic oxidation sites excluding steroid dienone is 8. The predicted molar refractivity (Wildman–Crippen MR) is 352 cm³/mol. The van der Waals surface area contributed by atoms with Gasteiger partial charge in [-0.15, -0.1) is 0 Å². The molecule has 470 valence electrons. The van der Waals surface area contributed by atoms with Crippen molar-refractivity contribution in [2.24, 2.45) is 0 Å². The lowest BCUT2D eigenvalue weighted by atomic mass is 10.0. The summed E-state index contributed by atoms with van der Waals surface area (Å²) in [7, 11) is 0. The van der Waals surface area contributed by atoms with Gasteiger partial charge in [0.1, 0.15) is 0 Å². The highest BCUT2D eigenvalue weighted by Gasteiger charge is 2.20. The molecule has 0 aromatic rings. The maximum Gasteiger partial charge on any atom is 0.305 e. The number of unbranched alkanes of at least 4 members (excludes halogenated alkanes) is 48. The van der Waals surface area contributed by atoms with Crippen molar-refractivity contribution in [3.8, 4) is 0 Å². The Balaban J connectivity index is 3.43. The SMILES string of the molecule is CCCCC/C=C\C/C=C\CCCCCCCCCC(=O)OCCCCCCCCCCC/C=C\C/C=C\CCCCCCCCCCCC(=O)NC(CO)C(O)CCCCCCCCCCCCCCCCCCCCCCC. The summed E-state index contributed by atoms with van der Waals surface area (Å²) >= 11 is 0. The number of ether oxygens (including phenoxy) is 1. The van der Waals surface area contributed by atoms with Crippen molar-refractivity contribution in [3.05, 3.63) is 48.6 Å². The summed E-state index contributed by atoms with van der Waals surface area (Å²) in [6, 6.07) is -0.548. The maximum absolute atomic E-state index is 12.5. The Labute approximate surface area is 499 Å². The molecule has 0 aliphatic carbocycles. The van der Waals surface area contributed by atoms with Gasteiger partial charge in [0.05, 0.1) is 25.4 Å². The van der Waals surface area contributed by atoms with E-state index in [9.17, 15) is 19.8 Å². The first-order valence-corrected chi connectivity index (χ1v) is 35.9. The zero-order valence-corrected chi connectivity index (χ0v) is 53.8. The fourth-order valence-electron chi connectivity index (χ4n) is 11.1. The molecule has 0 rings (SSSR count). The first-order chi connectivity index (χ1) is 39.5. The van der Waals surface area contributed by atoms with Crippen molar-refractivity contribution in [2.75, 3.05) is 13.2 Å². The Morgan fingerprint density at radius 2 is 0.625 bits per heavy atom. The van der Waals surface area contributed by atoms with Crippen LogP contribution in [0.2, 0.25) is 0 Å². The molecule has 0 heterocycles. The van der Waals surface area contributed by atoms with Gasteiger partial charge in [0.15, 0.2) is 0 Å². The van der Waals surface area contributed by atoms with E-state index < -0.39 is 12.1 Å². The highest BCUT2D eigenvalue weighted by molar-refractivity contribution is 5.76. The number of amides is 1. The summed E-state index contributed by atoms with van der Waals surface area (Å²) in [5, 5.41) is 23.4. The van der Waals surface area contributed by atoms with E-state index in [4.69, 9.17) is 4.74 Å². The average Bonchev–Trinajstić information content (AvgIpc) is 3.46. The van der Waals surface area contributed by atoms with Gasteiger partial charge in [-0.1, -0.05) is 332 Å². The van der Waals surface area contributed by atoms with Gasteiger partial charge in [0.2, 0.25) is 5.91 Å². The van der Waals surface area contributed by atoms with Crippen LogP contribution in [0.15, 0.2) is 48.6 Å². The van der Waals surface area contributed by atoms with Gasteiger partial charge in [-0.3, -0.25) is 9.59 Å². The normalized spacial score (nSPS) is 12.8. The second kappa shape index (κ2) is 69.3. The number of hydrogen-bond donors (Lipinski definition) is 3. The first kappa shape index (κ1) is 77.8. The minimum atomic E-state index is -0.670. The third-order valence-corrected chi connectivity index (χ3v) is 16.6. The third-order valence-electron chi connectivity index (χ3n) is 16.6. The molecule has 0 spiro atoms. The van der Waals surface area contributed by atoms with Crippen LogP contribution in [-0.2, 0) is 14.3 Å². The molecule has 0 aromatic heterocycles. The van der Waals surface area contributed by atoms with Crippen LogP contribution in [0.4, 0.5) is 0 Å². The van der Waals surface area contributed by atoms with Gasteiger partial charge in [-0.2, -0.15) is 0 Å². The molecule has 0 radical (unpaired) electrons. The zero-order valence-electron chi connectivity index (χ0n) is 53.8. The minimum Gasteiger partial charge on any atom is -0.466 e. The van der Waals surface area contributed by atoms with E-state index in [0.717, 1.165) is 57.8 Å². The molecule has 0 aromatic carbocycles. The van der Waals surface area contributed by atoms with Crippen LogP contribution in [0.1, 0.15) is 386 Å². The fourth-order valence-corrected chi connectivity index (χ4v) is 11.1. The van der Waals surface area contributed by atoms with Crippen molar-refractivity contribution < 1.29 is 24.5 Å². The molecule has 6 heteroatoms. The third kappa shape index (κ3) is 65.0. The summed E-state index contributed by atoms with van der Waals surface area (Å²) in [6.07, 6.45) is 90.1. The summed E-state index contributed by atoms with van der Waals surface area (Å²) in [4.78, 5) is 24.6. The lowest BCUT2D eigenvalue weighted by Crippen LogP contribution is -2.45. The monoisotopic (exact) mass is 1120 g/mol. The molecule has 1 amide bonds. The second-order valence-electron chi connectivity index (χ2n) is 24.6. The van der Waals surface area contributed by atoms with Crippen LogP contribution in [0.25, 0.3) is 0 Å². The first-order valence-electron chi connectivity index (χ1n) is 35.9. The zero-order chi connectivity index (χ0) is 57.8. The Bertz CT molecular complexity index is 1340. The number of rotatable bonds is 67. The van der Waals surface area contributed by atoms with Crippen molar-refractivity contribution in [3.63, 3.8) is 0 Å². The van der Waals surface area contributed by atoms with E-state index in [1.54, 1.807) is 0 Å². The van der Waals surface area contributed by atoms with Crippen molar-refractivity contribution in [2.45, 2.75) is 398 Å². The molecule has 0 saturated heterocycles. The average molecular weight is 1120 g/mol. The molecule has 2 unspecified atom stereocenters. The largest absolute Gasteiger partial charge is 0.466 e. The van der Waals surface area contributed by atoms with Crippen molar-refractivity contribution in [1.82, 2.24) is 5.32 Å². The molecule has 0 saturated carbocycles. The summed E-state index contributed by atoms with van der Waals surface area (Å²) in [5.41, 5.74) is 0.